The maximum Gasteiger partial charge on any atom is 0.126 e. The number of nitrogens with zero attached hydrogens (tertiary/aromatic N) is 4. The zero-order chi connectivity index (χ0) is 53.8. The second-order valence-corrected chi connectivity index (χ2v) is 27.2. The molecule has 8 aromatic rings. The Balaban J connectivity index is 0.841. The second-order valence-electron chi connectivity index (χ2n) is 21.5. The Morgan fingerprint density at radius 1 is 0.250 bits per heavy atom. The number of halogens is 2. The van der Waals surface area contributed by atoms with Crippen LogP contribution in [0.15, 0.2) is 263 Å². The van der Waals surface area contributed by atoms with E-state index < -0.39 is 33.3 Å². The number of hydrogen-bond donors (Lipinski definition) is 0. The van der Waals surface area contributed by atoms with Crippen molar-refractivity contribution >= 4 is 69.9 Å². The normalized spacial score (nSPS) is 28.5. The average molecular weight is 1130 g/mol. The summed E-state index contributed by atoms with van der Waals surface area (Å²) in [6.07, 6.45) is 0.497. The van der Waals surface area contributed by atoms with Crippen molar-refractivity contribution in [3.8, 4) is 0 Å². The fourth-order valence-corrected chi connectivity index (χ4v) is 20.8. The van der Waals surface area contributed by atoms with Gasteiger partial charge in [0.1, 0.15) is 12.3 Å². The van der Waals surface area contributed by atoms with Crippen molar-refractivity contribution in [1.29, 1.82) is 0 Å². The van der Waals surface area contributed by atoms with Gasteiger partial charge in [-0.2, -0.15) is 0 Å². The van der Waals surface area contributed by atoms with Crippen LogP contribution in [-0.2, 0) is 0 Å². The fourth-order valence-electron chi connectivity index (χ4n) is 12.5. The third-order valence-corrected chi connectivity index (χ3v) is 24.0. The van der Waals surface area contributed by atoms with Gasteiger partial charge in [0.15, 0.2) is 0 Å². The molecule has 0 amide bonds. The Morgan fingerprint density at radius 2 is 0.400 bits per heavy atom. The van der Waals surface area contributed by atoms with E-state index in [1.807, 2.05) is 48.5 Å². The molecule has 8 aromatic carbocycles. The lowest BCUT2D eigenvalue weighted by molar-refractivity contribution is 0.191. The molecule has 0 aromatic heterocycles. The van der Waals surface area contributed by atoms with Gasteiger partial charge in [0.25, 0.3) is 0 Å². The maximum atomic E-state index is 18.2. The van der Waals surface area contributed by atoms with E-state index in [1.54, 1.807) is 47.0 Å². The highest BCUT2D eigenvalue weighted by Crippen LogP contribution is 2.60. The predicted molar refractivity (Wildman–Crippen MR) is 338 cm³/mol. The van der Waals surface area contributed by atoms with Gasteiger partial charge in [-0.15, -0.1) is 47.0 Å². The Labute approximate surface area is 486 Å². The van der Waals surface area contributed by atoms with Gasteiger partial charge in [0.2, 0.25) is 0 Å². The van der Waals surface area contributed by atoms with Crippen LogP contribution in [0.3, 0.4) is 0 Å². The minimum Gasteiger partial charge on any atom is -0.279 e. The number of alkyl halides is 2. The standard InChI is InChI=1S/C70H62F2N4S4/c71-61-67-68(78-58-42-54(74-64(47-29-13-3-14-30-47)48-31-15-4-16-32-48)53(41-57(58)77-67)73-63(45-25-9-1-10-26-45)46-27-11-2-12-28-46)62(72)70-69(61)79-59-43-55(75-65(49-33-17-5-18-34-49)50-35-19-6-20-36-50)56(44-60(59)80-70)76-66(51-37-21-7-22-38-51)52-39-23-8-24-40-52/h1-40,53-62,67-70H,41-44H2. The number of rotatable bonds is 12. The lowest BCUT2D eigenvalue weighted by Crippen LogP contribution is -2.63. The Morgan fingerprint density at radius 3 is 0.550 bits per heavy atom. The van der Waals surface area contributed by atoms with Crippen LogP contribution in [0, 0.1) is 0 Å². The molecule has 0 spiro atoms. The molecule has 12 atom stereocenters. The molecule has 0 N–H and O–H groups in total. The molecular weight excluding hydrogens is 1060 g/mol. The largest absolute Gasteiger partial charge is 0.279 e. The van der Waals surface area contributed by atoms with Crippen LogP contribution in [0.4, 0.5) is 8.78 Å². The lowest BCUT2D eigenvalue weighted by atomic mass is 9.88. The molecule has 2 heterocycles. The first-order valence-corrected chi connectivity index (χ1v) is 31.9. The van der Waals surface area contributed by atoms with Crippen molar-refractivity contribution in [1.82, 2.24) is 0 Å². The quantitative estimate of drug-likeness (QED) is 0.114. The van der Waals surface area contributed by atoms with E-state index in [-0.39, 0.29) is 45.2 Å². The molecule has 3 saturated carbocycles. The summed E-state index contributed by atoms with van der Waals surface area (Å²) in [5, 5.41) is -1.60. The molecular formula is C70H62F2N4S4. The number of hydrogen-bond acceptors (Lipinski definition) is 8. The topological polar surface area (TPSA) is 49.4 Å². The Kier molecular flexibility index (Phi) is 16.2. The third-order valence-electron chi connectivity index (χ3n) is 16.4. The first kappa shape index (κ1) is 53.0. The van der Waals surface area contributed by atoms with Gasteiger partial charge in [0.05, 0.1) is 68.0 Å². The molecule has 0 radical (unpaired) electrons. The monoisotopic (exact) mass is 1120 g/mol. The van der Waals surface area contributed by atoms with Gasteiger partial charge in [0, 0.05) is 65.5 Å². The summed E-state index contributed by atoms with van der Waals surface area (Å²) in [5.74, 6) is 0. The number of fused-ring (bicyclic) bond motifs is 4. The van der Waals surface area contributed by atoms with Gasteiger partial charge < -0.3 is 0 Å². The molecule has 12 unspecified atom stereocenters. The van der Waals surface area contributed by atoms with Crippen LogP contribution in [0.2, 0.25) is 0 Å². The smallest absolute Gasteiger partial charge is 0.126 e. The summed E-state index contributed by atoms with van der Waals surface area (Å²) in [6.45, 7) is 0. The molecule has 2 aliphatic heterocycles. The molecule has 0 bridgehead atoms. The minimum atomic E-state index is -1.18. The van der Waals surface area contributed by atoms with Crippen molar-refractivity contribution < 1.29 is 8.78 Å². The second kappa shape index (κ2) is 24.4. The van der Waals surface area contributed by atoms with Crippen molar-refractivity contribution in [2.45, 2.75) is 104 Å². The van der Waals surface area contributed by atoms with E-state index in [9.17, 15) is 0 Å². The van der Waals surface area contributed by atoms with Gasteiger partial charge in [-0.1, -0.05) is 243 Å². The third kappa shape index (κ3) is 11.3. The molecule has 400 valence electrons. The number of aliphatic imine (C=N–C) groups is 4. The van der Waals surface area contributed by atoms with Gasteiger partial charge >= 0.3 is 0 Å². The van der Waals surface area contributed by atoms with Gasteiger partial charge in [-0.3, -0.25) is 20.0 Å². The van der Waals surface area contributed by atoms with Crippen molar-refractivity contribution in [3.05, 3.63) is 287 Å². The van der Waals surface area contributed by atoms with E-state index in [4.69, 9.17) is 20.0 Å². The Hall–Kier alpha value is -6.30. The molecule has 10 heteroatoms. The van der Waals surface area contributed by atoms with Crippen LogP contribution in [-0.4, -0.2) is 101 Å². The number of benzene rings is 8. The summed E-state index contributed by atoms with van der Waals surface area (Å²) < 4.78 is 36.3. The molecule has 13 rings (SSSR count). The van der Waals surface area contributed by atoms with Crippen molar-refractivity contribution in [2.24, 2.45) is 20.0 Å². The zero-order valence-electron chi connectivity index (χ0n) is 44.2. The molecule has 5 aliphatic rings. The van der Waals surface area contributed by atoms with Crippen LogP contribution in [0.25, 0.3) is 0 Å². The molecule has 5 fully saturated rings. The average Bonchev–Trinajstić information content (AvgIpc) is 3.58. The summed E-state index contributed by atoms with van der Waals surface area (Å²) in [5.41, 5.74) is 12.1. The summed E-state index contributed by atoms with van der Waals surface area (Å²) in [7, 11) is 0. The molecule has 4 nitrogen and oxygen atoms in total. The first-order valence-electron chi connectivity index (χ1n) is 28.1. The Bertz CT molecular complexity index is 2820. The predicted octanol–water partition coefficient (Wildman–Crippen LogP) is 15.8. The molecule has 3 aliphatic carbocycles. The number of thioether (sulfide) groups is 4. The summed E-state index contributed by atoms with van der Waals surface area (Å²) >= 11 is 6.90. The van der Waals surface area contributed by atoms with E-state index >= 15 is 8.78 Å². The lowest BCUT2D eigenvalue weighted by Gasteiger charge is -2.56. The highest BCUT2D eigenvalue weighted by molar-refractivity contribution is 8.09. The van der Waals surface area contributed by atoms with Crippen molar-refractivity contribution in [3.63, 3.8) is 0 Å². The highest BCUT2D eigenvalue weighted by Gasteiger charge is 2.61. The van der Waals surface area contributed by atoms with E-state index in [0.717, 1.165) is 67.4 Å². The highest BCUT2D eigenvalue weighted by atomic mass is 32.2. The van der Waals surface area contributed by atoms with Crippen LogP contribution < -0.4 is 0 Å². The van der Waals surface area contributed by atoms with Crippen LogP contribution in [0.5, 0.6) is 0 Å². The SMILES string of the molecule is FC1C2SC3CC(N=C(c4ccccc4)c4ccccc4)C(N=C(c4ccccc4)c4ccccc4)CC3SC2C(F)C2SC3CC(N=C(c4ccccc4)c4ccccc4)C(N=C(c4ccccc4)c4ccccc4)CC3SC12. The zero-order valence-corrected chi connectivity index (χ0v) is 47.4. The maximum absolute atomic E-state index is 18.2. The summed E-state index contributed by atoms with van der Waals surface area (Å²) in [4.78, 5) is 23.0. The molecule has 80 heavy (non-hydrogen) atoms. The van der Waals surface area contributed by atoms with E-state index in [2.05, 4.69) is 194 Å². The van der Waals surface area contributed by atoms with Crippen LogP contribution >= 0.6 is 47.0 Å². The molecule has 2 saturated heterocycles. The van der Waals surface area contributed by atoms with Crippen molar-refractivity contribution in [2.75, 3.05) is 0 Å². The van der Waals surface area contributed by atoms with E-state index in [0.29, 0.717) is 25.7 Å². The summed E-state index contributed by atoms with van der Waals surface area (Å²) in [6, 6.07) is 82.8. The van der Waals surface area contributed by atoms with Gasteiger partial charge in [-0.25, -0.2) is 8.78 Å². The minimum absolute atomic E-state index is 0.0759. The van der Waals surface area contributed by atoms with E-state index in [1.165, 1.54) is 0 Å². The fraction of sp³-hybridized carbons (Fsp3) is 0.257. The first-order chi connectivity index (χ1) is 39.5. The van der Waals surface area contributed by atoms with Gasteiger partial charge in [-0.05, 0) is 25.7 Å². The van der Waals surface area contributed by atoms with Crippen LogP contribution in [0.1, 0.15) is 70.2 Å².